The highest BCUT2D eigenvalue weighted by atomic mass is 16.5. The van der Waals surface area contributed by atoms with E-state index in [0.717, 1.165) is 19.0 Å². The quantitative estimate of drug-likeness (QED) is 0.640. The van der Waals surface area contributed by atoms with Crippen LogP contribution in [0.5, 0.6) is 17.2 Å². The molecule has 0 bridgehead atoms. The summed E-state index contributed by atoms with van der Waals surface area (Å²) in [6, 6.07) is 9.61. The first-order valence-corrected chi connectivity index (χ1v) is 9.62. The Bertz CT molecular complexity index is 753. The lowest BCUT2D eigenvalue weighted by Crippen LogP contribution is -2.17. The number of methoxy groups -OCH3 is 1. The van der Waals surface area contributed by atoms with Gasteiger partial charge in [0.05, 0.1) is 24.7 Å². The van der Waals surface area contributed by atoms with Crippen LogP contribution in [0.4, 0.5) is 0 Å². The molecule has 0 spiro atoms. The molecule has 3 rings (SSSR count). The molecule has 1 saturated carbocycles. The Morgan fingerprint density at radius 3 is 2.70 bits per heavy atom. The van der Waals surface area contributed by atoms with E-state index in [1.807, 2.05) is 18.2 Å². The molecule has 5 nitrogen and oxygen atoms in total. The number of ether oxygens (including phenoxy) is 2. The zero-order valence-electron chi connectivity index (χ0n) is 16.0. The van der Waals surface area contributed by atoms with Crippen LogP contribution in [-0.4, -0.2) is 18.6 Å². The molecule has 1 fully saturated rings. The van der Waals surface area contributed by atoms with Gasteiger partial charge in [0, 0.05) is 6.54 Å². The molecule has 3 N–H and O–H groups in total. The van der Waals surface area contributed by atoms with Gasteiger partial charge in [-0.1, -0.05) is 38.3 Å². The van der Waals surface area contributed by atoms with Crippen molar-refractivity contribution in [1.29, 1.82) is 0 Å². The van der Waals surface area contributed by atoms with E-state index in [2.05, 4.69) is 22.9 Å². The second-order valence-electron chi connectivity index (χ2n) is 7.11. The number of benzene rings is 1. The number of nitrogens with two attached hydrogens (primary N) is 1. The number of nitrogens with zero attached hydrogens (tertiary/aromatic N) is 1. The van der Waals surface area contributed by atoms with E-state index in [4.69, 9.17) is 15.2 Å². The van der Waals surface area contributed by atoms with Gasteiger partial charge in [0.2, 0.25) is 0 Å². The van der Waals surface area contributed by atoms with E-state index < -0.39 is 0 Å². The molecule has 27 heavy (non-hydrogen) atoms. The van der Waals surface area contributed by atoms with Crippen molar-refractivity contribution in [2.45, 2.75) is 38.6 Å². The Morgan fingerprint density at radius 1 is 1.22 bits per heavy atom. The highest BCUT2D eigenvalue weighted by Crippen LogP contribution is 2.32. The van der Waals surface area contributed by atoms with Crippen molar-refractivity contribution in [2.24, 2.45) is 11.7 Å². The molecule has 1 aliphatic rings. The van der Waals surface area contributed by atoms with E-state index in [1.165, 1.54) is 37.7 Å². The van der Waals surface area contributed by atoms with Crippen LogP contribution >= 0.6 is 0 Å². The van der Waals surface area contributed by atoms with Gasteiger partial charge >= 0.3 is 0 Å². The largest absolute Gasteiger partial charge is 0.493 e. The van der Waals surface area contributed by atoms with Crippen molar-refractivity contribution < 1.29 is 9.47 Å². The number of hydrogen-bond donors (Lipinski definition) is 2. The molecule has 0 radical (unpaired) electrons. The summed E-state index contributed by atoms with van der Waals surface area (Å²) in [5.74, 6) is 2.91. The fraction of sp³-hybridized carbons (Fsp3) is 0.409. The first-order chi connectivity index (χ1) is 13.2. The Hall–Kier alpha value is -2.53. The van der Waals surface area contributed by atoms with Crippen molar-refractivity contribution in [2.75, 3.05) is 13.7 Å². The average molecular weight is 367 g/mol. The fourth-order valence-corrected chi connectivity index (χ4v) is 3.50. The lowest BCUT2D eigenvalue weighted by molar-refractivity contribution is 0.377. The van der Waals surface area contributed by atoms with Crippen molar-refractivity contribution in [3.63, 3.8) is 0 Å². The van der Waals surface area contributed by atoms with E-state index >= 15 is 0 Å². The van der Waals surface area contributed by atoms with E-state index in [-0.39, 0.29) is 0 Å². The lowest BCUT2D eigenvalue weighted by Gasteiger charge is -2.13. The van der Waals surface area contributed by atoms with E-state index in [9.17, 15) is 0 Å². The second kappa shape index (κ2) is 9.42. The van der Waals surface area contributed by atoms with Gasteiger partial charge in [0.25, 0.3) is 0 Å². The van der Waals surface area contributed by atoms with Crippen LogP contribution < -0.4 is 20.5 Å². The molecule has 144 valence electrons. The molecule has 0 unspecified atom stereocenters. The van der Waals surface area contributed by atoms with Crippen LogP contribution in [0.2, 0.25) is 0 Å². The molecule has 1 aliphatic carbocycles. The molecule has 0 saturated heterocycles. The standard InChI is InChI=1S/C22H29N3O2/c1-16(23)20-9-8-19(15-25-20)27-21-10-7-18(13-22(21)26-2)14-24-12-11-17-5-3-4-6-17/h7-10,13,15,17,24H,1,3-6,11-12,14,23H2,2H3. The summed E-state index contributed by atoms with van der Waals surface area (Å²) in [4.78, 5) is 4.23. The fourth-order valence-electron chi connectivity index (χ4n) is 3.50. The summed E-state index contributed by atoms with van der Waals surface area (Å²) in [7, 11) is 1.65. The predicted molar refractivity (Wildman–Crippen MR) is 109 cm³/mol. The van der Waals surface area contributed by atoms with Crippen LogP contribution in [0.25, 0.3) is 5.70 Å². The van der Waals surface area contributed by atoms with Crippen LogP contribution in [0.1, 0.15) is 43.4 Å². The molecule has 0 amide bonds. The van der Waals surface area contributed by atoms with Gasteiger partial charge in [-0.25, -0.2) is 0 Å². The Kier molecular flexibility index (Phi) is 6.71. The maximum atomic E-state index is 5.90. The number of rotatable bonds is 9. The average Bonchev–Trinajstić information content (AvgIpc) is 3.20. The van der Waals surface area contributed by atoms with Gasteiger partial charge in [0.15, 0.2) is 11.5 Å². The first-order valence-electron chi connectivity index (χ1n) is 9.62. The summed E-state index contributed by atoms with van der Waals surface area (Å²) < 4.78 is 11.4. The van der Waals surface area contributed by atoms with Gasteiger partial charge < -0.3 is 20.5 Å². The van der Waals surface area contributed by atoms with Crippen LogP contribution in [-0.2, 0) is 6.54 Å². The molecular weight excluding hydrogens is 338 g/mol. The summed E-state index contributed by atoms with van der Waals surface area (Å²) in [6.07, 6.45) is 8.51. The van der Waals surface area contributed by atoms with Crippen molar-refractivity contribution in [1.82, 2.24) is 10.3 Å². The Labute approximate surface area is 161 Å². The lowest BCUT2D eigenvalue weighted by atomic mass is 10.0. The van der Waals surface area contributed by atoms with E-state index in [1.54, 1.807) is 19.4 Å². The Morgan fingerprint density at radius 2 is 2.04 bits per heavy atom. The van der Waals surface area contributed by atoms with Crippen molar-refractivity contribution in [3.8, 4) is 17.2 Å². The second-order valence-corrected chi connectivity index (χ2v) is 7.11. The monoisotopic (exact) mass is 367 g/mol. The minimum atomic E-state index is 0.434. The normalized spacial score (nSPS) is 14.3. The summed E-state index contributed by atoms with van der Waals surface area (Å²) in [6.45, 7) is 5.57. The van der Waals surface area contributed by atoms with Crippen LogP contribution in [0.15, 0.2) is 43.1 Å². The zero-order valence-corrected chi connectivity index (χ0v) is 16.0. The number of hydrogen-bond acceptors (Lipinski definition) is 5. The minimum Gasteiger partial charge on any atom is -0.493 e. The number of pyridine rings is 1. The maximum Gasteiger partial charge on any atom is 0.169 e. The minimum absolute atomic E-state index is 0.434. The topological polar surface area (TPSA) is 69.4 Å². The van der Waals surface area contributed by atoms with Gasteiger partial charge in [-0.15, -0.1) is 0 Å². The molecule has 2 aromatic rings. The SMILES string of the molecule is C=C(N)c1ccc(Oc2ccc(CNCCC3CCCC3)cc2OC)cn1. The number of aromatic nitrogens is 1. The maximum absolute atomic E-state index is 5.90. The van der Waals surface area contributed by atoms with E-state index in [0.29, 0.717) is 28.6 Å². The smallest absolute Gasteiger partial charge is 0.169 e. The van der Waals surface area contributed by atoms with Gasteiger partial charge in [-0.05, 0) is 48.7 Å². The third kappa shape index (κ3) is 5.47. The van der Waals surface area contributed by atoms with Crippen LogP contribution in [0.3, 0.4) is 0 Å². The van der Waals surface area contributed by atoms with Gasteiger partial charge in [0.1, 0.15) is 5.75 Å². The molecular formula is C22H29N3O2. The summed E-state index contributed by atoms with van der Waals surface area (Å²) in [5, 5.41) is 3.54. The van der Waals surface area contributed by atoms with Crippen molar-refractivity contribution in [3.05, 3.63) is 54.4 Å². The molecule has 0 atom stereocenters. The highest BCUT2D eigenvalue weighted by Gasteiger charge is 2.14. The zero-order chi connectivity index (χ0) is 19.1. The molecule has 1 aromatic heterocycles. The number of nitrogens with one attached hydrogen (secondary N) is 1. The third-order valence-corrected chi connectivity index (χ3v) is 5.05. The first kappa shape index (κ1) is 19.2. The third-order valence-electron chi connectivity index (χ3n) is 5.05. The predicted octanol–water partition coefficient (Wildman–Crippen LogP) is 4.48. The Balaban J connectivity index is 1.55. The molecule has 1 aromatic carbocycles. The summed E-state index contributed by atoms with van der Waals surface area (Å²) in [5.41, 5.74) is 7.90. The molecule has 1 heterocycles. The molecule has 0 aliphatic heterocycles. The van der Waals surface area contributed by atoms with Crippen LogP contribution in [0, 0.1) is 5.92 Å². The highest BCUT2D eigenvalue weighted by molar-refractivity contribution is 5.56. The van der Waals surface area contributed by atoms with Crippen molar-refractivity contribution >= 4 is 5.70 Å². The van der Waals surface area contributed by atoms with Gasteiger partial charge in [-0.2, -0.15) is 0 Å². The van der Waals surface area contributed by atoms with Gasteiger partial charge in [-0.3, -0.25) is 4.98 Å². The summed E-state index contributed by atoms with van der Waals surface area (Å²) >= 11 is 0. The molecule has 5 heteroatoms.